The van der Waals surface area contributed by atoms with E-state index in [9.17, 15) is 0 Å². The Morgan fingerprint density at radius 1 is 1.00 bits per heavy atom. The molecule has 3 rings (SSSR count). The predicted molar refractivity (Wildman–Crippen MR) is 73.1 cm³/mol. The molecule has 1 aliphatic heterocycles. The van der Waals surface area contributed by atoms with Crippen molar-refractivity contribution in [1.29, 1.82) is 0 Å². The van der Waals surface area contributed by atoms with E-state index in [4.69, 9.17) is 7.85 Å². The minimum absolute atomic E-state index is 0.863. The summed E-state index contributed by atoms with van der Waals surface area (Å²) in [7, 11) is 5.88. The third kappa shape index (κ3) is 2.42. The molecule has 0 unspecified atom stereocenters. The highest BCUT2D eigenvalue weighted by Gasteiger charge is 2.24. The van der Waals surface area contributed by atoms with Crippen molar-refractivity contribution >= 4 is 13.3 Å². The van der Waals surface area contributed by atoms with Gasteiger partial charge in [0.05, 0.1) is 0 Å². The van der Waals surface area contributed by atoms with Crippen molar-refractivity contribution in [2.75, 3.05) is 13.1 Å². The lowest BCUT2D eigenvalue weighted by molar-refractivity contribution is 0.208. The van der Waals surface area contributed by atoms with E-state index in [1.165, 1.54) is 62.7 Å². The Balaban J connectivity index is 1.74. The van der Waals surface area contributed by atoms with Crippen LogP contribution >= 0.6 is 0 Å². The van der Waals surface area contributed by atoms with Crippen LogP contribution in [0.25, 0.3) is 0 Å². The standard InChI is InChI=1S/C15H20BN/c16-14-6-5-12-7-9-17(10-8-13(12)11-14)15-3-1-2-4-15/h5-6,11,15H,1-4,7-10H2. The molecule has 17 heavy (non-hydrogen) atoms. The highest BCUT2D eigenvalue weighted by molar-refractivity contribution is 6.32. The van der Waals surface area contributed by atoms with E-state index in [1.807, 2.05) is 6.07 Å². The molecule has 2 aliphatic rings. The van der Waals surface area contributed by atoms with Gasteiger partial charge in [-0.05, 0) is 36.8 Å². The van der Waals surface area contributed by atoms with E-state index in [-0.39, 0.29) is 0 Å². The summed E-state index contributed by atoms with van der Waals surface area (Å²) in [4.78, 5) is 2.71. The van der Waals surface area contributed by atoms with Crippen LogP contribution in [0.3, 0.4) is 0 Å². The van der Waals surface area contributed by atoms with Crippen molar-refractivity contribution in [1.82, 2.24) is 4.90 Å². The monoisotopic (exact) mass is 225 g/mol. The molecule has 1 aromatic carbocycles. The SMILES string of the molecule is [B]c1ccc2c(c1)CCN(C1CCCC1)CC2. The summed E-state index contributed by atoms with van der Waals surface area (Å²) in [6.07, 6.45) is 8.07. The molecule has 2 radical (unpaired) electrons. The highest BCUT2D eigenvalue weighted by Crippen LogP contribution is 2.25. The van der Waals surface area contributed by atoms with Crippen LogP contribution in [0.2, 0.25) is 0 Å². The van der Waals surface area contributed by atoms with Gasteiger partial charge in [-0.3, -0.25) is 4.90 Å². The minimum atomic E-state index is 0.863. The van der Waals surface area contributed by atoms with E-state index in [0.29, 0.717) is 0 Å². The van der Waals surface area contributed by atoms with Crippen molar-refractivity contribution in [3.8, 4) is 0 Å². The normalized spacial score (nSPS) is 22.4. The van der Waals surface area contributed by atoms with Gasteiger partial charge in [-0.15, -0.1) is 0 Å². The maximum absolute atomic E-state index is 5.88. The van der Waals surface area contributed by atoms with Gasteiger partial charge >= 0.3 is 0 Å². The summed E-state index contributed by atoms with van der Waals surface area (Å²) in [6.45, 7) is 2.46. The molecule has 0 amide bonds. The Bertz CT molecular complexity index is 396. The molecule has 1 fully saturated rings. The molecular weight excluding hydrogens is 205 g/mol. The first kappa shape index (κ1) is 11.3. The van der Waals surface area contributed by atoms with E-state index in [0.717, 1.165) is 11.5 Å². The fourth-order valence-corrected chi connectivity index (χ4v) is 3.40. The molecule has 1 heterocycles. The van der Waals surface area contributed by atoms with Gasteiger partial charge in [-0.2, -0.15) is 0 Å². The Morgan fingerprint density at radius 2 is 1.71 bits per heavy atom. The molecule has 0 saturated heterocycles. The largest absolute Gasteiger partial charge is 0.300 e. The molecule has 0 spiro atoms. The van der Waals surface area contributed by atoms with Gasteiger partial charge in [-0.25, -0.2) is 0 Å². The molecule has 1 aliphatic carbocycles. The smallest absolute Gasteiger partial charge is 0.113 e. The van der Waals surface area contributed by atoms with Crippen LogP contribution < -0.4 is 5.46 Å². The second kappa shape index (κ2) is 4.85. The number of fused-ring (bicyclic) bond motifs is 1. The minimum Gasteiger partial charge on any atom is -0.300 e. The van der Waals surface area contributed by atoms with Gasteiger partial charge in [0.1, 0.15) is 7.85 Å². The van der Waals surface area contributed by atoms with Gasteiger partial charge in [0, 0.05) is 19.1 Å². The highest BCUT2D eigenvalue weighted by atomic mass is 15.2. The molecule has 1 saturated carbocycles. The molecule has 88 valence electrons. The fraction of sp³-hybridized carbons (Fsp3) is 0.600. The van der Waals surface area contributed by atoms with Crippen molar-refractivity contribution in [3.05, 3.63) is 29.3 Å². The van der Waals surface area contributed by atoms with Crippen molar-refractivity contribution in [3.63, 3.8) is 0 Å². The number of hydrogen-bond acceptors (Lipinski definition) is 1. The van der Waals surface area contributed by atoms with Crippen molar-refractivity contribution < 1.29 is 0 Å². The Hall–Kier alpha value is -0.755. The van der Waals surface area contributed by atoms with Crippen molar-refractivity contribution in [2.24, 2.45) is 0 Å². The predicted octanol–water partition coefficient (Wildman–Crippen LogP) is 1.82. The van der Waals surface area contributed by atoms with Crippen molar-refractivity contribution in [2.45, 2.75) is 44.6 Å². The van der Waals surface area contributed by atoms with Crippen LogP contribution in [0.1, 0.15) is 36.8 Å². The lowest BCUT2D eigenvalue weighted by Crippen LogP contribution is -2.35. The van der Waals surface area contributed by atoms with Gasteiger partial charge in [0.25, 0.3) is 0 Å². The molecule has 0 bridgehead atoms. The molecule has 0 atom stereocenters. The zero-order valence-corrected chi connectivity index (χ0v) is 10.5. The zero-order valence-electron chi connectivity index (χ0n) is 10.5. The first-order valence-corrected chi connectivity index (χ1v) is 6.94. The third-order valence-electron chi connectivity index (χ3n) is 4.41. The first-order chi connectivity index (χ1) is 8.33. The Kier molecular flexibility index (Phi) is 3.24. The lowest BCUT2D eigenvalue weighted by Gasteiger charge is -2.26. The summed E-state index contributed by atoms with van der Waals surface area (Å²) in [5.41, 5.74) is 3.91. The number of nitrogens with zero attached hydrogens (tertiary/aromatic N) is 1. The number of hydrogen-bond donors (Lipinski definition) is 0. The average Bonchev–Trinajstić information content (AvgIpc) is 2.77. The number of benzene rings is 1. The molecule has 1 aromatic rings. The van der Waals surface area contributed by atoms with Gasteiger partial charge in [0.2, 0.25) is 0 Å². The topological polar surface area (TPSA) is 3.24 Å². The molecule has 0 N–H and O–H groups in total. The Labute approximate surface area is 106 Å². The average molecular weight is 225 g/mol. The van der Waals surface area contributed by atoms with Crippen LogP contribution in [0.4, 0.5) is 0 Å². The summed E-state index contributed by atoms with van der Waals surface area (Å²) < 4.78 is 0. The van der Waals surface area contributed by atoms with E-state index in [2.05, 4.69) is 17.0 Å². The van der Waals surface area contributed by atoms with Gasteiger partial charge < -0.3 is 0 Å². The van der Waals surface area contributed by atoms with Crippen LogP contribution in [0.5, 0.6) is 0 Å². The first-order valence-electron chi connectivity index (χ1n) is 6.94. The fourth-order valence-electron chi connectivity index (χ4n) is 3.40. The molecule has 2 heteroatoms. The Morgan fingerprint density at radius 3 is 2.47 bits per heavy atom. The van der Waals surface area contributed by atoms with Crippen LogP contribution in [0, 0.1) is 0 Å². The second-order valence-electron chi connectivity index (χ2n) is 5.50. The number of rotatable bonds is 1. The maximum Gasteiger partial charge on any atom is 0.113 e. The zero-order chi connectivity index (χ0) is 11.7. The second-order valence-corrected chi connectivity index (χ2v) is 5.50. The lowest BCUT2D eigenvalue weighted by atomic mass is 9.90. The van der Waals surface area contributed by atoms with Gasteiger partial charge in [-0.1, -0.05) is 36.5 Å². The summed E-state index contributed by atoms with van der Waals surface area (Å²) in [6, 6.07) is 7.31. The quantitative estimate of drug-likeness (QED) is 0.659. The maximum atomic E-state index is 5.88. The van der Waals surface area contributed by atoms with Crippen LogP contribution in [-0.4, -0.2) is 31.9 Å². The molecule has 0 aromatic heterocycles. The van der Waals surface area contributed by atoms with Crippen LogP contribution in [-0.2, 0) is 12.8 Å². The third-order valence-corrected chi connectivity index (χ3v) is 4.41. The summed E-state index contributed by atoms with van der Waals surface area (Å²) in [5, 5.41) is 0. The van der Waals surface area contributed by atoms with E-state index >= 15 is 0 Å². The van der Waals surface area contributed by atoms with E-state index < -0.39 is 0 Å². The molecular formula is C15H20BN. The summed E-state index contributed by atoms with van der Waals surface area (Å²) >= 11 is 0. The molecule has 1 nitrogen and oxygen atoms in total. The summed E-state index contributed by atoms with van der Waals surface area (Å²) in [5.74, 6) is 0. The van der Waals surface area contributed by atoms with E-state index in [1.54, 1.807) is 0 Å². The van der Waals surface area contributed by atoms with Crippen LogP contribution in [0.15, 0.2) is 18.2 Å². The van der Waals surface area contributed by atoms with Gasteiger partial charge in [0.15, 0.2) is 0 Å².